The predicted molar refractivity (Wildman–Crippen MR) is 99.5 cm³/mol. The number of thiazole rings is 1. The molecule has 0 saturated carbocycles. The Morgan fingerprint density at radius 1 is 1.30 bits per heavy atom. The summed E-state index contributed by atoms with van der Waals surface area (Å²) in [5.41, 5.74) is 8.24. The van der Waals surface area contributed by atoms with Crippen molar-refractivity contribution in [3.8, 4) is 0 Å². The van der Waals surface area contributed by atoms with Gasteiger partial charge in [-0.2, -0.15) is 0 Å². The normalized spacial score (nSPS) is 9.91. The van der Waals surface area contributed by atoms with Gasteiger partial charge in [0, 0.05) is 25.0 Å². The first kappa shape index (κ1) is 21.8. The second kappa shape index (κ2) is 10.6. The zero-order chi connectivity index (χ0) is 15.2. The number of nitrogens with zero attached hydrogens (tertiary/aromatic N) is 2. The Morgan fingerprint density at radius 2 is 2.00 bits per heavy atom. The van der Waals surface area contributed by atoms with Crippen LogP contribution in [0.5, 0.6) is 0 Å². The topological polar surface area (TPSA) is 71.2 Å². The molecular formula is C15H22Cl2N4OS. The van der Waals surface area contributed by atoms with Crippen molar-refractivity contribution in [1.29, 1.82) is 0 Å². The van der Waals surface area contributed by atoms with Gasteiger partial charge in [0.05, 0.1) is 0 Å². The van der Waals surface area contributed by atoms with Gasteiger partial charge in [-0.05, 0) is 25.2 Å². The van der Waals surface area contributed by atoms with Crippen LogP contribution in [0.25, 0.3) is 0 Å². The number of hydrogen-bond acceptors (Lipinski definition) is 5. The SMILES string of the molecule is CN(C)Cc1cccc(CNC(=O)c2csc(CN)n2)c1.Cl.Cl. The fraction of sp³-hybridized carbons (Fsp3) is 0.333. The second-order valence-electron chi connectivity index (χ2n) is 5.07. The largest absolute Gasteiger partial charge is 0.347 e. The zero-order valence-corrected chi connectivity index (χ0v) is 15.6. The molecule has 1 aromatic heterocycles. The third-order valence-corrected chi connectivity index (χ3v) is 3.77. The van der Waals surface area contributed by atoms with Gasteiger partial charge in [0.15, 0.2) is 0 Å². The first-order valence-electron chi connectivity index (χ1n) is 6.73. The molecule has 0 spiro atoms. The van der Waals surface area contributed by atoms with Crippen LogP contribution in [-0.2, 0) is 19.6 Å². The van der Waals surface area contributed by atoms with E-state index >= 15 is 0 Å². The molecule has 3 N–H and O–H groups in total. The van der Waals surface area contributed by atoms with Gasteiger partial charge in [0.1, 0.15) is 10.7 Å². The molecule has 0 bridgehead atoms. The van der Waals surface area contributed by atoms with Crippen LogP contribution in [-0.4, -0.2) is 29.9 Å². The number of amides is 1. The average Bonchev–Trinajstić information content (AvgIpc) is 2.93. The molecule has 2 rings (SSSR count). The Balaban J connectivity index is 0.00000242. The van der Waals surface area contributed by atoms with E-state index in [1.807, 2.05) is 26.2 Å². The molecule has 0 saturated heterocycles. The van der Waals surface area contributed by atoms with E-state index in [9.17, 15) is 4.79 Å². The van der Waals surface area contributed by atoms with Crippen LogP contribution in [0.15, 0.2) is 29.6 Å². The number of nitrogens with two attached hydrogens (primary N) is 1. The number of nitrogens with one attached hydrogen (secondary N) is 1. The number of hydrogen-bond donors (Lipinski definition) is 2. The molecule has 0 unspecified atom stereocenters. The van der Waals surface area contributed by atoms with E-state index in [-0.39, 0.29) is 30.7 Å². The highest BCUT2D eigenvalue weighted by Gasteiger charge is 2.09. The monoisotopic (exact) mass is 376 g/mol. The van der Waals surface area contributed by atoms with Gasteiger partial charge in [-0.1, -0.05) is 24.3 Å². The lowest BCUT2D eigenvalue weighted by atomic mass is 10.1. The predicted octanol–water partition coefficient (Wildman–Crippen LogP) is 2.44. The van der Waals surface area contributed by atoms with Gasteiger partial charge in [-0.15, -0.1) is 36.2 Å². The van der Waals surface area contributed by atoms with Gasteiger partial charge in [0.25, 0.3) is 5.91 Å². The summed E-state index contributed by atoms with van der Waals surface area (Å²) in [6.45, 7) is 1.74. The van der Waals surface area contributed by atoms with Crippen LogP contribution in [0.1, 0.15) is 26.6 Å². The van der Waals surface area contributed by atoms with E-state index in [0.29, 0.717) is 18.8 Å². The van der Waals surface area contributed by atoms with Crippen molar-refractivity contribution in [3.63, 3.8) is 0 Å². The Bertz CT molecular complexity index is 619. The molecule has 1 heterocycles. The molecule has 0 fully saturated rings. The lowest BCUT2D eigenvalue weighted by Crippen LogP contribution is -2.23. The van der Waals surface area contributed by atoms with E-state index in [1.54, 1.807) is 5.38 Å². The van der Waals surface area contributed by atoms with Gasteiger partial charge >= 0.3 is 0 Å². The van der Waals surface area contributed by atoms with Gasteiger partial charge in [-0.3, -0.25) is 4.79 Å². The van der Waals surface area contributed by atoms with Crippen molar-refractivity contribution in [2.45, 2.75) is 19.6 Å². The summed E-state index contributed by atoms with van der Waals surface area (Å²) >= 11 is 1.41. The molecule has 8 heteroatoms. The molecule has 0 aliphatic heterocycles. The van der Waals surface area contributed by atoms with E-state index < -0.39 is 0 Å². The van der Waals surface area contributed by atoms with Crippen molar-refractivity contribution in [2.24, 2.45) is 5.73 Å². The maximum atomic E-state index is 12.0. The Labute approximate surface area is 153 Å². The maximum absolute atomic E-state index is 12.0. The molecule has 0 radical (unpaired) electrons. The van der Waals surface area contributed by atoms with Crippen LogP contribution in [0, 0.1) is 0 Å². The molecule has 1 amide bonds. The number of benzene rings is 1. The van der Waals surface area contributed by atoms with E-state index in [0.717, 1.165) is 17.1 Å². The highest BCUT2D eigenvalue weighted by atomic mass is 35.5. The van der Waals surface area contributed by atoms with Crippen LogP contribution in [0.2, 0.25) is 0 Å². The molecule has 0 atom stereocenters. The fourth-order valence-electron chi connectivity index (χ4n) is 1.98. The Morgan fingerprint density at radius 3 is 2.61 bits per heavy atom. The summed E-state index contributed by atoms with van der Waals surface area (Å²) in [6, 6.07) is 8.20. The first-order chi connectivity index (χ1) is 10.1. The van der Waals surface area contributed by atoms with E-state index in [1.165, 1.54) is 16.9 Å². The second-order valence-corrected chi connectivity index (χ2v) is 6.01. The number of halogens is 2. The fourth-order valence-corrected chi connectivity index (χ4v) is 2.64. The van der Waals surface area contributed by atoms with Crippen LogP contribution in [0.4, 0.5) is 0 Å². The van der Waals surface area contributed by atoms with Crippen LogP contribution < -0.4 is 11.1 Å². The van der Waals surface area contributed by atoms with E-state index in [4.69, 9.17) is 5.73 Å². The minimum Gasteiger partial charge on any atom is -0.347 e. The molecule has 23 heavy (non-hydrogen) atoms. The zero-order valence-electron chi connectivity index (χ0n) is 13.1. The molecule has 0 aliphatic carbocycles. The minimum atomic E-state index is -0.163. The Hall–Kier alpha value is -1.18. The van der Waals surface area contributed by atoms with Crippen molar-refractivity contribution in [1.82, 2.24) is 15.2 Å². The lowest BCUT2D eigenvalue weighted by molar-refractivity contribution is 0.0946. The summed E-state index contributed by atoms with van der Waals surface area (Å²) in [5.74, 6) is -0.163. The smallest absolute Gasteiger partial charge is 0.271 e. The summed E-state index contributed by atoms with van der Waals surface area (Å²) in [4.78, 5) is 18.3. The quantitative estimate of drug-likeness (QED) is 0.811. The number of carbonyl (C=O) groups excluding carboxylic acids is 1. The van der Waals surface area contributed by atoms with Gasteiger partial charge in [-0.25, -0.2) is 4.98 Å². The summed E-state index contributed by atoms with van der Waals surface area (Å²) in [5, 5.41) is 5.39. The molecule has 1 aromatic carbocycles. The standard InChI is InChI=1S/C15H20N4OS.2ClH/c1-19(2)9-12-5-3-4-11(6-12)8-17-15(20)13-10-21-14(7-16)18-13;;/h3-6,10H,7-9,16H2,1-2H3,(H,17,20);2*1H. The van der Waals surface area contributed by atoms with Crippen molar-refractivity contribution >= 4 is 42.1 Å². The van der Waals surface area contributed by atoms with Crippen LogP contribution in [0.3, 0.4) is 0 Å². The van der Waals surface area contributed by atoms with Crippen LogP contribution >= 0.6 is 36.2 Å². The number of rotatable bonds is 6. The number of carbonyl (C=O) groups is 1. The Kier molecular flexibility index (Phi) is 10.0. The summed E-state index contributed by atoms with van der Waals surface area (Å²) in [6.07, 6.45) is 0. The molecular weight excluding hydrogens is 355 g/mol. The van der Waals surface area contributed by atoms with Crippen molar-refractivity contribution in [2.75, 3.05) is 14.1 Å². The van der Waals surface area contributed by atoms with Gasteiger partial charge in [0.2, 0.25) is 0 Å². The molecule has 5 nitrogen and oxygen atoms in total. The third kappa shape index (κ3) is 6.85. The number of aromatic nitrogens is 1. The lowest BCUT2D eigenvalue weighted by Gasteiger charge is -2.11. The highest BCUT2D eigenvalue weighted by molar-refractivity contribution is 7.09. The third-order valence-electron chi connectivity index (χ3n) is 2.90. The molecule has 128 valence electrons. The van der Waals surface area contributed by atoms with Gasteiger partial charge < -0.3 is 16.0 Å². The summed E-state index contributed by atoms with van der Waals surface area (Å²) < 4.78 is 0. The minimum absolute atomic E-state index is 0. The maximum Gasteiger partial charge on any atom is 0.271 e. The summed E-state index contributed by atoms with van der Waals surface area (Å²) in [7, 11) is 4.07. The molecule has 0 aliphatic rings. The van der Waals surface area contributed by atoms with E-state index in [2.05, 4.69) is 27.3 Å². The van der Waals surface area contributed by atoms with Crippen molar-refractivity contribution < 1.29 is 4.79 Å². The first-order valence-corrected chi connectivity index (χ1v) is 7.61. The average molecular weight is 377 g/mol. The highest BCUT2D eigenvalue weighted by Crippen LogP contribution is 2.10. The molecule has 2 aromatic rings. The van der Waals surface area contributed by atoms with Crippen molar-refractivity contribution in [3.05, 3.63) is 51.5 Å².